The number of amides is 3. The molecular weight excluding hydrogens is 642 g/mol. The molecule has 1 unspecified atom stereocenters. The van der Waals surface area contributed by atoms with Crippen LogP contribution in [0.15, 0.2) is 48.8 Å². The molecule has 1 spiro atoms. The molecule has 5 aliphatic rings. The van der Waals surface area contributed by atoms with Crippen LogP contribution in [0.1, 0.15) is 84.5 Å². The maximum absolute atomic E-state index is 14.5. The van der Waals surface area contributed by atoms with Gasteiger partial charge in [-0.05, 0) is 103 Å². The Kier molecular flexibility index (Phi) is 7.40. The first-order chi connectivity index (χ1) is 22.4. The van der Waals surface area contributed by atoms with E-state index in [1.807, 2.05) is 17.2 Å². The van der Waals surface area contributed by atoms with Crippen LogP contribution in [0.2, 0.25) is 0 Å². The van der Waals surface area contributed by atoms with E-state index in [1.165, 1.54) is 23.5 Å². The lowest BCUT2D eigenvalue weighted by atomic mass is 9.86. The molecule has 8 atom stereocenters. The fourth-order valence-electron chi connectivity index (χ4n) is 8.87. The summed E-state index contributed by atoms with van der Waals surface area (Å²) in [7, 11) is -4.98. The number of thiophene rings is 1. The first-order valence-electron chi connectivity index (χ1n) is 16.5. The van der Waals surface area contributed by atoms with Crippen molar-refractivity contribution in [3.63, 3.8) is 0 Å². The van der Waals surface area contributed by atoms with E-state index >= 15 is 0 Å². The smallest absolute Gasteiger partial charge is 0.340 e. The van der Waals surface area contributed by atoms with Crippen molar-refractivity contribution < 1.29 is 33.1 Å². The number of fused-ring (bicyclic) bond motifs is 3. The van der Waals surface area contributed by atoms with Crippen LogP contribution in [-0.2, 0) is 14.2 Å². The van der Waals surface area contributed by atoms with E-state index < -0.39 is 31.5 Å². The Morgan fingerprint density at radius 2 is 1.91 bits per heavy atom. The van der Waals surface area contributed by atoms with Crippen LogP contribution in [0.25, 0.3) is 10.1 Å². The zero-order valence-electron chi connectivity index (χ0n) is 26.0. The van der Waals surface area contributed by atoms with Gasteiger partial charge in [-0.1, -0.05) is 19.1 Å². The molecule has 2 aliphatic carbocycles. The minimum atomic E-state index is -4.98. The summed E-state index contributed by atoms with van der Waals surface area (Å²) in [5.41, 5.74) is 0.804. The van der Waals surface area contributed by atoms with Gasteiger partial charge in [-0.2, -0.15) is 0 Å². The van der Waals surface area contributed by atoms with E-state index in [1.54, 1.807) is 18.3 Å². The highest BCUT2D eigenvalue weighted by Crippen LogP contribution is 2.58. The molecule has 0 radical (unpaired) electrons. The van der Waals surface area contributed by atoms with Crippen molar-refractivity contribution in [3.8, 4) is 0 Å². The first-order valence-corrected chi connectivity index (χ1v) is 19.0. The number of likely N-dealkylation sites (tertiary alicyclic amines) is 1. The van der Waals surface area contributed by atoms with Gasteiger partial charge in [-0.15, -0.1) is 11.3 Å². The van der Waals surface area contributed by atoms with Crippen molar-refractivity contribution >= 4 is 46.7 Å². The molecule has 13 heteroatoms. The van der Waals surface area contributed by atoms with Gasteiger partial charge in [0.05, 0.1) is 4.88 Å². The Balaban J connectivity index is 1.03. The minimum absolute atomic E-state index is 0.0244. The van der Waals surface area contributed by atoms with Crippen LogP contribution in [-0.4, -0.2) is 72.5 Å². The van der Waals surface area contributed by atoms with E-state index in [9.17, 15) is 33.1 Å². The summed E-state index contributed by atoms with van der Waals surface area (Å²) in [5, 5.41) is 3.48. The number of carbonyl (C=O) groups excluding carboxylic acids is 3. The second-order valence-electron chi connectivity index (χ2n) is 14.3. The lowest BCUT2D eigenvalue weighted by molar-refractivity contribution is -0.148. The molecule has 248 valence electrons. The van der Waals surface area contributed by atoms with Crippen molar-refractivity contribution in [1.82, 2.24) is 20.1 Å². The fourth-order valence-corrected chi connectivity index (χ4v) is 10.4. The number of carbonyl (C=O) groups is 3. The average molecular weight is 681 g/mol. The Morgan fingerprint density at radius 3 is 2.64 bits per heavy atom. The number of rotatable bonds is 6. The van der Waals surface area contributed by atoms with Gasteiger partial charge in [0.2, 0.25) is 17.7 Å². The predicted molar refractivity (Wildman–Crippen MR) is 173 cm³/mol. The largest absolute Gasteiger partial charge is 0.363 e. The number of hydrogen-bond donors (Lipinski definition) is 3. The summed E-state index contributed by atoms with van der Waals surface area (Å²) in [6, 6.07) is 8.44. The lowest BCUT2D eigenvalue weighted by Crippen LogP contribution is -2.58. The van der Waals surface area contributed by atoms with E-state index in [0.717, 1.165) is 37.7 Å². The highest BCUT2D eigenvalue weighted by Gasteiger charge is 2.63. The molecule has 0 bridgehead atoms. The summed E-state index contributed by atoms with van der Waals surface area (Å²) in [4.78, 5) is 69.5. The van der Waals surface area contributed by atoms with Crippen molar-refractivity contribution in [2.45, 2.75) is 87.4 Å². The summed E-state index contributed by atoms with van der Waals surface area (Å²) in [5.74, 6) is -1.74. The zero-order valence-corrected chi connectivity index (χ0v) is 27.7. The summed E-state index contributed by atoms with van der Waals surface area (Å²) in [6.45, 7) is 2.85. The molecule has 8 rings (SSSR count). The molecule has 3 saturated heterocycles. The molecule has 1 aromatic carbocycles. The van der Waals surface area contributed by atoms with Gasteiger partial charge >= 0.3 is 7.60 Å². The van der Waals surface area contributed by atoms with E-state index in [-0.39, 0.29) is 34.9 Å². The van der Waals surface area contributed by atoms with Crippen LogP contribution in [0.4, 0.5) is 4.39 Å². The predicted octanol–water partition coefficient (Wildman–Crippen LogP) is 5.12. The zero-order chi connectivity index (χ0) is 32.8. The van der Waals surface area contributed by atoms with Crippen LogP contribution in [0.5, 0.6) is 0 Å². The average Bonchev–Trinajstić information content (AvgIpc) is 3.86. The third-order valence-corrected chi connectivity index (χ3v) is 13.7. The molecule has 5 fully saturated rings. The molecule has 47 heavy (non-hydrogen) atoms. The maximum Gasteiger partial charge on any atom is 0.363 e. The monoisotopic (exact) mass is 680 g/mol. The fraction of sp³-hybridized carbons (Fsp3) is 0.529. The molecule has 10 nitrogen and oxygen atoms in total. The van der Waals surface area contributed by atoms with Gasteiger partial charge in [-0.25, -0.2) is 4.39 Å². The van der Waals surface area contributed by atoms with Gasteiger partial charge in [0.15, 0.2) is 0 Å². The Hall–Kier alpha value is -3.18. The minimum Gasteiger partial charge on any atom is -0.340 e. The first kappa shape index (κ1) is 31.1. The summed E-state index contributed by atoms with van der Waals surface area (Å²) < 4.78 is 26.5. The maximum atomic E-state index is 14.5. The van der Waals surface area contributed by atoms with Crippen molar-refractivity contribution in [1.29, 1.82) is 0 Å². The van der Waals surface area contributed by atoms with E-state index in [2.05, 4.69) is 28.2 Å². The second-order valence-corrected chi connectivity index (χ2v) is 17.0. The van der Waals surface area contributed by atoms with Crippen molar-refractivity contribution in [2.75, 3.05) is 6.54 Å². The Morgan fingerprint density at radius 1 is 1.13 bits per heavy atom. The van der Waals surface area contributed by atoms with Gasteiger partial charge in [-0.3, -0.25) is 23.9 Å². The number of benzene rings is 1. The number of nitrogens with one attached hydrogen (secondary N) is 1. The van der Waals surface area contributed by atoms with E-state index in [4.69, 9.17) is 0 Å². The van der Waals surface area contributed by atoms with Crippen LogP contribution < -0.4 is 5.32 Å². The molecule has 2 aromatic heterocycles. The van der Waals surface area contributed by atoms with Crippen LogP contribution >= 0.6 is 18.9 Å². The number of pyridine rings is 1. The quantitative estimate of drug-likeness (QED) is 0.307. The Bertz CT molecular complexity index is 1810. The third kappa shape index (κ3) is 5.32. The molecule has 3 aliphatic heterocycles. The number of aromatic nitrogens is 1. The second kappa shape index (κ2) is 11.2. The number of halogens is 1. The standard InChI is InChI=1S/C34H38FN4O6PS/c1-18-25(20-3-2-10-36-16-20)17-38(34(18)8-9-34)33(42)27-6-5-24-13-21-12-22(21)14-26(32(41)39(24)27)37-31(40)29-15-23-11-19(4-7-28(23)47-29)30(35)46(43,44)45/h2-4,7,10-11,15-16,18,21-22,24-27,30H,5-6,8-9,12-14,17H2,1H3,(H,37,40)(H2,43,44,45)/t18-,21+,22-,24+,25+,26?,27-,30+/m0/s1. The van der Waals surface area contributed by atoms with Crippen molar-refractivity contribution in [3.05, 3.63) is 64.8 Å². The Labute approximate surface area is 275 Å². The lowest BCUT2D eigenvalue weighted by Gasteiger charge is -2.37. The van der Waals surface area contributed by atoms with Crippen LogP contribution in [0.3, 0.4) is 0 Å². The molecule has 3 N–H and O–H groups in total. The highest BCUT2D eigenvalue weighted by molar-refractivity contribution is 7.51. The van der Waals surface area contributed by atoms with Gasteiger partial charge in [0.25, 0.3) is 5.91 Å². The SMILES string of the molecule is C[C@H]1[C@H](c2cccnc2)CN(C(=O)[C@@H]2CC[C@@H]3C[C@H]4C[C@H]4CC(NC(=O)c4cc5cc([C@H](F)P(=O)(O)O)ccc5s4)C(=O)N32)C12CC2. The molecule has 3 aromatic rings. The van der Waals surface area contributed by atoms with E-state index in [0.29, 0.717) is 52.1 Å². The van der Waals surface area contributed by atoms with Gasteiger partial charge in [0, 0.05) is 41.1 Å². The topological polar surface area (TPSA) is 140 Å². The molecular formula is C34H38FN4O6PS. The number of hydrogen-bond acceptors (Lipinski definition) is 6. The van der Waals surface area contributed by atoms with Gasteiger partial charge in [0.1, 0.15) is 12.1 Å². The molecule has 5 heterocycles. The third-order valence-electron chi connectivity index (χ3n) is 11.7. The highest BCUT2D eigenvalue weighted by atomic mass is 32.1. The van der Waals surface area contributed by atoms with Gasteiger partial charge < -0.3 is 24.9 Å². The normalized spacial score (nSPS) is 31.7. The molecule has 3 amide bonds. The van der Waals surface area contributed by atoms with Crippen LogP contribution in [0, 0.1) is 17.8 Å². The number of alkyl halides is 1. The summed E-state index contributed by atoms with van der Waals surface area (Å²) >= 11 is 1.17. The number of nitrogens with zero attached hydrogens (tertiary/aromatic N) is 3. The summed E-state index contributed by atoms with van der Waals surface area (Å²) in [6.07, 6.45) is 9.41. The van der Waals surface area contributed by atoms with Crippen molar-refractivity contribution in [2.24, 2.45) is 17.8 Å². The molecule has 2 saturated carbocycles.